The lowest BCUT2D eigenvalue weighted by molar-refractivity contribution is -0.137. The quantitative estimate of drug-likeness (QED) is 0.659. The third kappa shape index (κ3) is 6.38. The van der Waals surface area contributed by atoms with Crippen molar-refractivity contribution in [1.82, 2.24) is 20.4 Å². The van der Waals surface area contributed by atoms with Gasteiger partial charge in [-0.15, -0.1) is 0 Å². The number of hydrogen-bond donors (Lipinski definition) is 2. The zero-order chi connectivity index (χ0) is 21.1. The molecule has 2 N–H and O–H groups in total. The summed E-state index contributed by atoms with van der Waals surface area (Å²) >= 11 is 0. The van der Waals surface area contributed by atoms with Crippen LogP contribution in [0, 0.1) is 5.92 Å². The highest BCUT2D eigenvalue weighted by Gasteiger charge is 2.35. The van der Waals surface area contributed by atoms with Crippen LogP contribution in [0.2, 0.25) is 0 Å². The Morgan fingerprint density at radius 2 is 2.00 bits per heavy atom. The fourth-order valence-corrected chi connectivity index (χ4v) is 2.75. The average molecular weight is 400 g/mol. The van der Waals surface area contributed by atoms with Crippen molar-refractivity contribution in [3.8, 4) is 0 Å². The average Bonchev–Trinajstić information content (AvgIpc) is 3.32. The van der Waals surface area contributed by atoms with Crippen LogP contribution in [0.25, 0.3) is 0 Å². The van der Waals surface area contributed by atoms with Gasteiger partial charge in [-0.25, -0.2) is 0 Å². The van der Waals surface area contributed by atoms with E-state index >= 15 is 0 Å². The molecule has 6 nitrogen and oxygen atoms in total. The number of carbonyl (C=O) groups excluding carboxylic acids is 2. The molecule has 1 heterocycles. The molecule has 1 aromatic rings. The Bertz CT molecular complexity index is 749. The minimum Gasteiger partial charge on any atom is -0.348 e. The highest BCUT2D eigenvalue weighted by atomic mass is 19.4. The molecule has 1 atom stereocenters. The van der Waals surface area contributed by atoms with Crippen molar-refractivity contribution in [1.29, 1.82) is 0 Å². The summed E-state index contributed by atoms with van der Waals surface area (Å²) < 4.78 is 39.3. The summed E-state index contributed by atoms with van der Waals surface area (Å²) in [4.78, 5) is 24.9. The van der Waals surface area contributed by atoms with Gasteiger partial charge in [0.15, 0.2) is 0 Å². The summed E-state index contributed by atoms with van der Waals surface area (Å²) in [6, 6.07) is -0.730. The van der Waals surface area contributed by atoms with Crippen molar-refractivity contribution < 1.29 is 22.8 Å². The fraction of sp³-hybridized carbons (Fsp3) is 0.632. The Balaban J connectivity index is 2.04. The number of allylic oxidation sites excluding steroid dienone is 1. The first-order chi connectivity index (χ1) is 12.9. The first-order valence-corrected chi connectivity index (χ1v) is 9.25. The summed E-state index contributed by atoms with van der Waals surface area (Å²) in [6.45, 7) is 7.18. The van der Waals surface area contributed by atoms with Crippen LogP contribution in [0.4, 0.5) is 13.2 Å². The number of nitrogens with one attached hydrogen (secondary N) is 2. The second kappa shape index (κ2) is 8.36. The molecule has 1 aliphatic rings. The summed E-state index contributed by atoms with van der Waals surface area (Å²) in [5.74, 6) is -0.536. The molecule has 0 bridgehead atoms. The lowest BCUT2D eigenvalue weighted by Gasteiger charge is -2.29. The molecule has 156 valence electrons. The standard InChI is InChI=1S/C19H27F3N4O2/c1-5-12(2)8-15(24-16(27)13-6-7-13)17(28)25-18(3,4)11-26-10-14(9-23-26)19(20,21)22/h5,9-10,13,15H,6-8,11H2,1-4H3,(H,24,27)(H,25,28)/b12-5+. The highest BCUT2D eigenvalue weighted by molar-refractivity contribution is 5.89. The van der Waals surface area contributed by atoms with Crippen molar-refractivity contribution >= 4 is 11.8 Å². The summed E-state index contributed by atoms with van der Waals surface area (Å²) in [5, 5.41) is 9.34. The molecule has 1 aromatic heterocycles. The second-order valence-electron chi connectivity index (χ2n) is 7.97. The predicted molar refractivity (Wildman–Crippen MR) is 98.2 cm³/mol. The van der Waals surface area contributed by atoms with Gasteiger partial charge in [0.2, 0.25) is 11.8 Å². The molecule has 0 aromatic carbocycles. The van der Waals surface area contributed by atoms with E-state index in [1.807, 2.05) is 19.9 Å². The smallest absolute Gasteiger partial charge is 0.348 e. The third-order valence-electron chi connectivity index (χ3n) is 4.58. The van der Waals surface area contributed by atoms with Crippen molar-refractivity contribution in [2.24, 2.45) is 5.92 Å². The monoisotopic (exact) mass is 400 g/mol. The topological polar surface area (TPSA) is 76.0 Å². The molecule has 0 spiro atoms. The Labute approximate surface area is 162 Å². The van der Waals surface area contributed by atoms with Gasteiger partial charge >= 0.3 is 6.18 Å². The van der Waals surface area contributed by atoms with E-state index in [0.717, 1.165) is 35.5 Å². The molecule has 2 rings (SSSR count). The molecule has 1 saturated carbocycles. The fourth-order valence-electron chi connectivity index (χ4n) is 2.75. The number of aromatic nitrogens is 2. The largest absolute Gasteiger partial charge is 0.419 e. The number of nitrogens with zero attached hydrogens (tertiary/aromatic N) is 2. The lowest BCUT2D eigenvalue weighted by atomic mass is 10.0. The number of rotatable bonds is 8. The minimum absolute atomic E-state index is 0.0286. The maximum Gasteiger partial charge on any atom is 0.419 e. The van der Waals surface area contributed by atoms with E-state index in [1.54, 1.807) is 13.8 Å². The summed E-state index contributed by atoms with van der Waals surface area (Å²) in [7, 11) is 0. The third-order valence-corrected chi connectivity index (χ3v) is 4.58. The number of amides is 2. The van der Waals surface area contributed by atoms with Crippen LogP contribution < -0.4 is 10.6 Å². The molecular formula is C19H27F3N4O2. The van der Waals surface area contributed by atoms with Crippen LogP contribution in [-0.4, -0.2) is 33.2 Å². The van der Waals surface area contributed by atoms with E-state index in [4.69, 9.17) is 0 Å². The van der Waals surface area contributed by atoms with Crippen molar-refractivity contribution in [2.45, 2.75) is 71.3 Å². The molecule has 2 amide bonds. The molecule has 9 heteroatoms. The molecular weight excluding hydrogens is 373 g/mol. The van der Waals surface area contributed by atoms with Gasteiger partial charge in [0.25, 0.3) is 0 Å². The van der Waals surface area contributed by atoms with Gasteiger partial charge in [0.1, 0.15) is 6.04 Å². The van der Waals surface area contributed by atoms with Crippen molar-refractivity contribution in [3.63, 3.8) is 0 Å². The molecule has 28 heavy (non-hydrogen) atoms. The van der Waals surface area contributed by atoms with Crippen LogP contribution in [-0.2, 0) is 22.3 Å². The van der Waals surface area contributed by atoms with Gasteiger partial charge < -0.3 is 10.6 Å². The molecule has 0 saturated heterocycles. The molecule has 1 unspecified atom stereocenters. The second-order valence-corrected chi connectivity index (χ2v) is 7.97. The number of halogens is 3. The van der Waals surface area contributed by atoms with Crippen LogP contribution in [0.15, 0.2) is 24.0 Å². The zero-order valence-electron chi connectivity index (χ0n) is 16.6. The van der Waals surface area contributed by atoms with Crippen molar-refractivity contribution in [2.75, 3.05) is 0 Å². The molecule has 1 aliphatic carbocycles. The van der Waals surface area contributed by atoms with Crippen LogP contribution in [0.3, 0.4) is 0 Å². The Morgan fingerprint density at radius 3 is 2.50 bits per heavy atom. The minimum atomic E-state index is -4.46. The predicted octanol–water partition coefficient (Wildman–Crippen LogP) is 3.05. The van der Waals surface area contributed by atoms with Crippen LogP contribution >= 0.6 is 0 Å². The number of alkyl halides is 3. The van der Waals surface area contributed by atoms with Crippen LogP contribution in [0.5, 0.6) is 0 Å². The summed E-state index contributed by atoms with van der Waals surface area (Å²) in [6.07, 6.45) is 1.10. The first kappa shape index (κ1) is 22.0. The number of hydrogen-bond acceptors (Lipinski definition) is 3. The number of carbonyl (C=O) groups is 2. The van der Waals surface area contributed by atoms with Gasteiger partial charge in [0.05, 0.1) is 23.8 Å². The van der Waals surface area contributed by atoms with Gasteiger partial charge in [-0.3, -0.25) is 14.3 Å². The maximum absolute atomic E-state index is 12.8. The van der Waals surface area contributed by atoms with Gasteiger partial charge in [-0.05, 0) is 47.0 Å². The first-order valence-electron chi connectivity index (χ1n) is 9.25. The van der Waals surface area contributed by atoms with E-state index < -0.39 is 23.3 Å². The van der Waals surface area contributed by atoms with E-state index in [9.17, 15) is 22.8 Å². The Hall–Kier alpha value is -2.32. The Kier molecular flexibility index (Phi) is 6.56. The van der Waals surface area contributed by atoms with E-state index in [-0.39, 0.29) is 24.3 Å². The highest BCUT2D eigenvalue weighted by Crippen LogP contribution is 2.29. The Morgan fingerprint density at radius 1 is 1.36 bits per heavy atom. The van der Waals surface area contributed by atoms with Gasteiger partial charge in [-0.1, -0.05) is 11.6 Å². The van der Waals surface area contributed by atoms with E-state index in [1.165, 1.54) is 0 Å². The van der Waals surface area contributed by atoms with E-state index in [0.29, 0.717) is 6.42 Å². The molecule has 0 aliphatic heterocycles. The van der Waals surface area contributed by atoms with Crippen molar-refractivity contribution in [3.05, 3.63) is 29.6 Å². The summed E-state index contributed by atoms with van der Waals surface area (Å²) in [5.41, 5.74) is -0.748. The van der Waals surface area contributed by atoms with Gasteiger partial charge in [-0.2, -0.15) is 18.3 Å². The molecule has 1 fully saturated rings. The van der Waals surface area contributed by atoms with E-state index in [2.05, 4.69) is 15.7 Å². The lowest BCUT2D eigenvalue weighted by Crippen LogP contribution is -2.55. The molecule has 0 radical (unpaired) electrons. The van der Waals surface area contributed by atoms with Gasteiger partial charge in [0, 0.05) is 12.1 Å². The normalized spacial score (nSPS) is 16.6. The van der Waals surface area contributed by atoms with Crippen LogP contribution in [0.1, 0.15) is 52.5 Å². The maximum atomic E-state index is 12.8. The SMILES string of the molecule is C/C=C(\C)CC(NC(=O)C1CC1)C(=O)NC(C)(C)Cn1cc(C(F)(F)F)cn1. The zero-order valence-corrected chi connectivity index (χ0v) is 16.6.